The molecule has 0 radical (unpaired) electrons. The number of carbonyl (C=O) groups is 2. The predicted octanol–water partition coefficient (Wildman–Crippen LogP) is 4.49. The maximum atomic E-state index is 12.4. The lowest BCUT2D eigenvalue weighted by Gasteiger charge is -2.11. The number of aryl methyl sites for hydroxylation is 2. The van der Waals surface area contributed by atoms with Gasteiger partial charge in [-0.25, -0.2) is 10.2 Å². The number of hydrazone groups is 1. The molecule has 2 N–H and O–H groups in total. The number of carbonyl (C=O) groups excluding carboxylic acids is 1. The van der Waals surface area contributed by atoms with Crippen LogP contribution in [0.4, 0.5) is 0 Å². The Morgan fingerprint density at radius 1 is 0.971 bits per heavy atom. The number of benzene rings is 3. The molecule has 0 saturated heterocycles. The Morgan fingerprint density at radius 3 is 2.31 bits per heavy atom. The van der Waals surface area contributed by atoms with Crippen LogP contribution in [0.1, 0.15) is 27.0 Å². The zero-order valence-corrected chi connectivity index (χ0v) is 20.0. The molecule has 0 aliphatic rings. The van der Waals surface area contributed by atoms with Crippen molar-refractivity contribution in [3.8, 4) is 17.1 Å². The van der Waals surface area contributed by atoms with Gasteiger partial charge in [-0.3, -0.25) is 9.36 Å². The van der Waals surface area contributed by atoms with E-state index in [-0.39, 0.29) is 17.2 Å². The van der Waals surface area contributed by atoms with Crippen molar-refractivity contribution in [3.63, 3.8) is 0 Å². The van der Waals surface area contributed by atoms with Crippen LogP contribution in [0.5, 0.6) is 0 Å². The third-order valence-corrected chi connectivity index (χ3v) is 6.08. The van der Waals surface area contributed by atoms with E-state index < -0.39 is 5.97 Å². The molecule has 1 heterocycles. The highest BCUT2D eigenvalue weighted by Gasteiger charge is 2.17. The van der Waals surface area contributed by atoms with E-state index in [9.17, 15) is 14.7 Å². The topological polar surface area (TPSA) is 109 Å². The molecule has 0 unspecified atom stereocenters. The van der Waals surface area contributed by atoms with Crippen LogP contribution < -0.4 is 5.43 Å². The summed E-state index contributed by atoms with van der Waals surface area (Å²) in [6.07, 6.45) is 1.32. The van der Waals surface area contributed by atoms with E-state index in [4.69, 9.17) is 0 Å². The van der Waals surface area contributed by atoms with Crippen molar-refractivity contribution in [2.75, 3.05) is 5.75 Å². The number of hydrogen-bond acceptors (Lipinski definition) is 6. The fraction of sp³-hybridized carbons (Fsp3) is 0.115. The number of hydrogen-bond donors (Lipinski definition) is 2. The van der Waals surface area contributed by atoms with Crippen molar-refractivity contribution >= 4 is 29.9 Å². The first-order valence-electron chi connectivity index (χ1n) is 10.8. The number of rotatable bonds is 8. The molecule has 35 heavy (non-hydrogen) atoms. The highest BCUT2D eigenvalue weighted by molar-refractivity contribution is 7.99. The maximum absolute atomic E-state index is 12.4. The smallest absolute Gasteiger partial charge is 0.336 e. The van der Waals surface area contributed by atoms with Crippen molar-refractivity contribution in [1.29, 1.82) is 0 Å². The van der Waals surface area contributed by atoms with Gasteiger partial charge < -0.3 is 5.11 Å². The Labute approximate surface area is 206 Å². The Hall–Kier alpha value is -4.24. The van der Waals surface area contributed by atoms with Crippen molar-refractivity contribution < 1.29 is 14.7 Å². The molecule has 176 valence electrons. The minimum Gasteiger partial charge on any atom is -0.478 e. The van der Waals surface area contributed by atoms with Crippen LogP contribution in [0, 0.1) is 13.8 Å². The third-order valence-electron chi connectivity index (χ3n) is 5.15. The lowest BCUT2D eigenvalue weighted by molar-refractivity contribution is -0.118. The number of nitrogens with zero attached hydrogens (tertiary/aromatic N) is 4. The fourth-order valence-electron chi connectivity index (χ4n) is 3.32. The van der Waals surface area contributed by atoms with Gasteiger partial charge in [-0.15, -0.1) is 10.2 Å². The summed E-state index contributed by atoms with van der Waals surface area (Å²) in [6, 6.07) is 22.5. The molecule has 1 aromatic heterocycles. The second-order valence-electron chi connectivity index (χ2n) is 7.82. The second kappa shape index (κ2) is 10.8. The standard InChI is InChI=1S/C26H23N5O3S/c1-17-7-11-19(12-8-17)24-29-30-26(31(24)21-13-9-18(2)10-14-21)35-16-23(32)28-27-15-20-5-3-4-6-22(20)25(33)34/h3-15H,16H2,1-2H3,(H,28,32)(H,33,34)/b27-15-. The number of nitrogens with one attached hydrogen (secondary N) is 1. The minimum atomic E-state index is -1.06. The highest BCUT2D eigenvalue weighted by Crippen LogP contribution is 2.28. The largest absolute Gasteiger partial charge is 0.478 e. The SMILES string of the molecule is Cc1ccc(-c2nnc(SCC(=O)N/N=C\c3ccccc3C(=O)O)n2-c2ccc(C)cc2)cc1. The van der Waals surface area contributed by atoms with E-state index in [1.54, 1.807) is 18.2 Å². The molecular formula is C26H23N5O3S. The summed E-state index contributed by atoms with van der Waals surface area (Å²) in [5.41, 5.74) is 7.03. The van der Waals surface area contributed by atoms with E-state index in [0.717, 1.165) is 22.4 Å². The van der Waals surface area contributed by atoms with Crippen LogP contribution in [0.2, 0.25) is 0 Å². The molecule has 0 bridgehead atoms. The zero-order chi connectivity index (χ0) is 24.8. The maximum Gasteiger partial charge on any atom is 0.336 e. The Balaban J connectivity index is 1.51. The molecule has 4 aromatic rings. The summed E-state index contributed by atoms with van der Waals surface area (Å²) in [6.45, 7) is 4.04. The molecule has 4 rings (SSSR count). The van der Waals surface area contributed by atoms with Crippen molar-refractivity contribution in [3.05, 3.63) is 95.1 Å². The van der Waals surface area contributed by atoms with Gasteiger partial charge in [0.05, 0.1) is 17.5 Å². The van der Waals surface area contributed by atoms with Gasteiger partial charge in [-0.2, -0.15) is 5.10 Å². The van der Waals surface area contributed by atoms with E-state index in [0.29, 0.717) is 16.5 Å². The summed E-state index contributed by atoms with van der Waals surface area (Å²) in [5, 5.41) is 22.5. The van der Waals surface area contributed by atoms with Gasteiger partial charge in [-0.1, -0.05) is 77.5 Å². The van der Waals surface area contributed by atoms with E-state index in [1.807, 2.05) is 66.9 Å². The number of amides is 1. The summed E-state index contributed by atoms with van der Waals surface area (Å²) >= 11 is 1.24. The Bertz CT molecular complexity index is 1380. The first-order chi connectivity index (χ1) is 16.9. The normalized spacial score (nSPS) is 11.0. The summed E-state index contributed by atoms with van der Waals surface area (Å²) in [4.78, 5) is 23.7. The van der Waals surface area contributed by atoms with Crippen LogP contribution in [-0.2, 0) is 4.79 Å². The van der Waals surface area contributed by atoms with Crippen LogP contribution in [0.25, 0.3) is 17.1 Å². The predicted molar refractivity (Wildman–Crippen MR) is 136 cm³/mol. The lowest BCUT2D eigenvalue weighted by atomic mass is 10.1. The summed E-state index contributed by atoms with van der Waals surface area (Å²) in [7, 11) is 0. The van der Waals surface area contributed by atoms with Crippen molar-refractivity contribution in [2.45, 2.75) is 19.0 Å². The number of thioether (sulfide) groups is 1. The van der Waals surface area contributed by atoms with Gasteiger partial charge >= 0.3 is 5.97 Å². The van der Waals surface area contributed by atoms with Crippen molar-refractivity contribution in [1.82, 2.24) is 20.2 Å². The van der Waals surface area contributed by atoms with Crippen LogP contribution in [-0.4, -0.2) is 43.7 Å². The summed E-state index contributed by atoms with van der Waals surface area (Å²) < 4.78 is 1.93. The monoisotopic (exact) mass is 485 g/mol. The number of aromatic carboxylic acids is 1. The molecule has 0 aliphatic carbocycles. The molecule has 0 fully saturated rings. The molecular weight excluding hydrogens is 462 g/mol. The average molecular weight is 486 g/mol. The van der Waals surface area contributed by atoms with Gasteiger partial charge in [0.1, 0.15) is 0 Å². The molecule has 0 atom stereocenters. The molecule has 0 spiro atoms. The van der Waals surface area contributed by atoms with Gasteiger partial charge in [0, 0.05) is 16.8 Å². The summed E-state index contributed by atoms with van der Waals surface area (Å²) in [5.74, 6) is -0.682. The molecule has 1 amide bonds. The first kappa shape index (κ1) is 23.9. The number of carboxylic acids is 1. The first-order valence-corrected chi connectivity index (χ1v) is 11.8. The van der Waals surface area contributed by atoms with E-state index >= 15 is 0 Å². The zero-order valence-electron chi connectivity index (χ0n) is 19.2. The molecule has 8 nitrogen and oxygen atoms in total. The van der Waals surface area contributed by atoms with E-state index in [1.165, 1.54) is 24.0 Å². The van der Waals surface area contributed by atoms with Gasteiger partial charge in [0.2, 0.25) is 0 Å². The van der Waals surface area contributed by atoms with Crippen LogP contribution in [0.3, 0.4) is 0 Å². The molecule has 9 heteroatoms. The van der Waals surface area contributed by atoms with Crippen LogP contribution in [0.15, 0.2) is 83.1 Å². The number of aromatic nitrogens is 3. The van der Waals surface area contributed by atoms with E-state index in [2.05, 4.69) is 20.7 Å². The molecule has 0 aliphatic heterocycles. The fourth-order valence-corrected chi connectivity index (χ4v) is 4.06. The average Bonchev–Trinajstić information content (AvgIpc) is 3.28. The lowest BCUT2D eigenvalue weighted by Crippen LogP contribution is -2.20. The molecule has 3 aromatic carbocycles. The minimum absolute atomic E-state index is 0.0514. The van der Waals surface area contributed by atoms with Crippen molar-refractivity contribution in [2.24, 2.45) is 5.10 Å². The highest BCUT2D eigenvalue weighted by atomic mass is 32.2. The third kappa shape index (κ3) is 5.82. The van der Waals surface area contributed by atoms with Gasteiger partial charge in [0.15, 0.2) is 11.0 Å². The number of carboxylic acid groups (broad SMARTS) is 1. The molecule has 0 saturated carbocycles. The van der Waals surface area contributed by atoms with Gasteiger partial charge in [0.25, 0.3) is 5.91 Å². The quantitative estimate of drug-likeness (QED) is 0.216. The Kier molecular flexibility index (Phi) is 7.37. The van der Waals surface area contributed by atoms with Gasteiger partial charge in [-0.05, 0) is 32.0 Å². The Morgan fingerprint density at radius 2 is 1.63 bits per heavy atom. The van der Waals surface area contributed by atoms with Crippen LogP contribution >= 0.6 is 11.8 Å². The second-order valence-corrected chi connectivity index (χ2v) is 8.76.